The molecule has 0 radical (unpaired) electrons. The number of anilines is 1. The fourth-order valence-corrected chi connectivity index (χ4v) is 4.30. The zero-order valence-electron chi connectivity index (χ0n) is 19.2. The molecule has 4 aromatic rings. The maximum Gasteiger partial charge on any atom is 0.331 e. The Kier molecular flexibility index (Phi) is 5.89. The lowest BCUT2D eigenvalue weighted by molar-refractivity contribution is -0.576. The van der Waals surface area contributed by atoms with Crippen LogP contribution in [0.4, 0.5) is 14.5 Å². The van der Waals surface area contributed by atoms with Crippen molar-refractivity contribution in [3.63, 3.8) is 0 Å². The first-order valence-corrected chi connectivity index (χ1v) is 11.4. The molecule has 9 heteroatoms. The van der Waals surface area contributed by atoms with Gasteiger partial charge in [0.15, 0.2) is 12.4 Å². The number of hydrogen-bond acceptors (Lipinski definition) is 3. The summed E-state index contributed by atoms with van der Waals surface area (Å²) in [4.78, 5) is 42.1. The number of nitrogens with one attached hydrogen (secondary N) is 1. The monoisotopic (exact) mass is 487 g/mol. The second-order valence-corrected chi connectivity index (χ2v) is 8.26. The highest BCUT2D eigenvalue weighted by Gasteiger charge is 2.48. The van der Waals surface area contributed by atoms with Crippen molar-refractivity contribution in [2.45, 2.75) is 19.8 Å². The van der Waals surface area contributed by atoms with E-state index in [4.69, 9.17) is 0 Å². The quantitative estimate of drug-likeness (QED) is 0.333. The van der Waals surface area contributed by atoms with Gasteiger partial charge in [0.25, 0.3) is 17.2 Å². The molecule has 0 aliphatic carbocycles. The average molecular weight is 487 g/mol. The van der Waals surface area contributed by atoms with Crippen LogP contribution in [0.2, 0.25) is 0 Å². The van der Waals surface area contributed by atoms with Gasteiger partial charge in [0, 0.05) is 17.8 Å². The molecule has 36 heavy (non-hydrogen) atoms. The zero-order chi connectivity index (χ0) is 25.4. The Labute approximate surface area is 204 Å². The van der Waals surface area contributed by atoms with Crippen molar-refractivity contribution < 1.29 is 22.9 Å². The maximum atomic E-state index is 13.8. The van der Waals surface area contributed by atoms with Crippen LogP contribution in [0.5, 0.6) is 0 Å². The fraction of sp³-hybridized carbons (Fsp3) is 0.111. The van der Waals surface area contributed by atoms with Crippen LogP contribution in [0.15, 0.2) is 83.9 Å². The molecule has 0 fully saturated rings. The number of H-pyrrole nitrogens is 1. The van der Waals surface area contributed by atoms with E-state index in [0.717, 1.165) is 17.0 Å². The molecule has 7 nitrogen and oxygen atoms in total. The molecule has 0 bridgehead atoms. The summed E-state index contributed by atoms with van der Waals surface area (Å²) in [6.45, 7) is 1.92. The molecule has 0 atom stereocenters. The Morgan fingerprint density at radius 1 is 0.806 bits per heavy atom. The summed E-state index contributed by atoms with van der Waals surface area (Å²) in [5.74, 6) is -2.31. The number of carbonyl (C=O) groups is 2. The molecule has 2 aromatic heterocycles. The Hall–Kier alpha value is -4.66. The van der Waals surface area contributed by atoms with Gasteiger partial charge >= 0.3 is 5.91 Å². The van der Waals surface area contributed by atoms with Crippen molar-refractivity contribution in [3.05, 3.63) is 112 Å². The lowest BCUT2D eigenvalue weighted by Gasteiger charge is -2.13. The fourth-order valence-electron chi connectivity index (χ4n) is 4.30. The number of carbonyl (C=O) groups excluding carboxylic acids is 2. The Morgan fingerprint density at radius 2 is 1.39 bits per heavy atom. The number of aromatic nitrogens is 3. The summed E-state index contributed by atoms with van der Waals surface area (Å²) in [6, 6.07) is 15.5. The maximum absolute atomic E-state index is 13.8. The minimum absolute atomic E-state index is 0.00429. The Balaban J connectivity index is 1.76. The number of hydrogen-bond donors (Lipinski definition) is 1. The molecule has 0 spiro atoms. The molecular weight excluding hydrogens is 466 g/mol. The molecule has 1 N–H and O–H groups in total. The molecule has 0 saturated carbocycles. The lowest BCUT2D eigenvalue weighted by atomic mass is 10.0. The summed E-state index contributed by atoms with van der Waals surface area (Å²) in [5.41, 5.74) is 0.494. The van der Waals surface area contributed by atoms with Crippen LogP contribution in [0.1, 0.15) is 24.6 Å². The van der Waals surface area contributed by atoms with E-state index in [2.05, 4.69) is 5.10 Å². The number of pyridine rings is 1. The number of rotatable bonds is 6. The predicted octanol–water partition coefficient (Wildman–Crippen LogP) is 3.63. The minimum Gasteiger partial charge on any atom is -0.294 e. The molecule has 0 saturated heterocycles. The SMILES string of the molecule is CCCc1[nH]n(-c2ccc(F)cc2)c(=O)c1C1=C([n+]2ccccc2)C(=O)N(c2ccc(F)cc2)C1=O. The van der Waals surface area contributed by atoms with Crippen LogP contribution >= 0.6 is 0 Å². The summed E-state index contributed by atoms with van der Waals surface area (Å²) < 4.78 is 29.8. The number of halogens is 2. The molecule has 5 rings (SSSR count). The summed E-state index contributed by atoms with van der Waals surface area (Å²) >= 11 is 0. The normalized spacial score (nSPS) is 13.7. The number of benzene rings is 2. The van der Waals surface area contributed by atoms with Gasteiger partial charge < -0.3 is 0 Å². The smallest absolute Gasteiger partial charge is 0.294 e. The van der Waals surface area contributed by atoms with Gasteiger partial charge in [-0.15, -0.1) is 0 Å². The van der Waals surface area contributed by atoms with Crippen LogP contribution in [-0.4, -0.2) is 21.6 Å². The van der Waals surface area contributed by atoms with E-state index in [1.807, 2.05) is 6.92 Å². The molecule has 0 unspecified atom stereocenters. The summed E-state index contributed by atoms with van der Waals surface area (Å²) in [6.07, 6.45) is 4.30. The third-order valence-electron chi connectivity index (χ3n) is 5.92. The number of aryl methyl sites for hydroxylation is 1. The van der Waals surface area contributed by atoms with Crippen molar-refractivity contribution in [2.75, 3.05) is 4.90 Å². The topological polar surface area (TPSA) is 79.1 Å². The first kappa shape index (κ1) is 23.1. The third-order valence-corrected chi connectivity index (χ3v) is 5.92. The van der Waals surface area contributed by atoms with Gasteiger partial charge in [0.05, 0.1) is 16.9 Å². The second-order valence-electron chi connectivity index (χ2n) is 8.26. The van der Waals surface area contributed by atoms with Crippen LogP contribution in [0.25, 0.3) is 17.0 Å². The van der Waals surface area contributed by atoms with Crippen LogP contribution in [0, 0.1) is 11.6 Å². The van der Waals surface area contributed by atoms with Gasteiger partial charge in [-0.05, 0) is 55.0 Å². The molecule has 2 amide bonds. The summed E-state index contributed by atoms with van der Waals surface area (Å²) in [5, 5.41) is 3.04. The number of imide groups is 1. The third kappa shape index (κ3) is 3.84. The molecule has 1 aliphatic heterocycles. The molecule has 3 heterocycles. The number of nitrogens with zero attached hydrogens (tertiary/aromatic N) is 3. The van der Waals surface area contributed by atoms with Crippen LogP contribution in [0.3, 0.4) is 0 Å². The van der Waals surface area contributed by atoms with Gasteiger partial charge in [-0.2, -0.15) is 4.57 Å². The van der Waals surface area contributed by atoms with E-state index in [-0.39, 0.29) is 22.5 Å². The molecule has 2 aromatic carbocycles. The van der Waals surface area contributed by atoms with E-state index < -0.39 is 29.0 Å². The standard InChI is InChI=1S/C27H20F2N4O3/c1-2-6-21-22(26(35)33(30-21)20-13-9-18(29)10-14-20)23-24(31-15-4-3-5-16-31)27(36)32(25(23)34)19-11-7-17(28)8-12-19/h3-5,7-16H,2,6H2,1H3/p+1. The zero-order valence-corrected chi connectivity index (χ0v) is 19.2. The molecule has 180 valence electrons. The van der Waals surface area contributed by atoms with Crippen LogP contribution < -0.4 is 15.0 Å². The van der Waals surface area contributed by atoms with E-state index >= 15 is 0 Å². The van der Waals surface area contributed by atoms with Gasteiger partial charge in [0.1, 0.15) is 17.2 Å². The first-order chi connectivity index (χ1) is 17.4. The number of amides is 2. The first-order valence-electron chi connectivity index (χ1n) is 11.4. The molecular formula is C27H21F2N4O3+. The van der Waals surface area contributed by atoms with Crippen molar-refractivity contribution in [3.8, 4) is 5.69 Å². The summed E-state index contributed by atoms with van der Waals surface area (Å²) in [7, 11) is 0. The van der Waals surface area contributed by atoms with Crippen molar-refractivity contribution in [1.82, 2.24) is 9.78 Å². The van der Waals surface area contributed by atoms with E-state index in [0.29, 0.717) is 24.2 Å². The van der Waals surface area contributed by atoms with Gasteiger partial charge in [-0.3, -0.25) is 19.5 Å². The Morgan fingerprint density at radius 3 is 1.97 bits per heavy atom. The van der Waals surface area contributed by atoms with Crippen molar-refractivity contribution in [1.29, 1.82) is 0 Å². The predicted molar refractivity (Wildman–Crippen MR) is 129 cm³/mol. The van der Waals surface area contributed by atoms with E-state index in [1.54, 1.807) is 30.6 Å². The van der Waals surface area contributed by atoms with E-state index in [1.165, 1.54) is 45.6 Å². The largest absolute Gasteiger partial charge is 0.331 e. The van der Waals surface area contributed by atoms with Crippen LogP contribution in [-0.2, 0) is 16.0 Å². The average Bonchev–Trinajstić information content (AvgIpc) is 3.33. The molecule has 1 aliphatic rings. The highest BCUT2D eigenvalue weighted by molar-refractivity contribution is 6.53. The van der Waals surface area contributed by atoms with Gasteiger partial charge in [0.2, 0.25) is 0 Å². The minimum atomic E-state index is -0.697. The second kappa shape index (κ2) is 9.18. The van der Waals surface area contributed by atoms with Gasteiger partial charge in [-0.25, -0.2) is 18.4 Å². The highest BCUT2D eigenvalue weighted by Crippen LogP contribution is 2.33. The Bertz CT molecular complexity index is 1550. The number of aromatic amines is 1. The van der Waals surface area contributed by atoms with Crippen molar-refractivity contribution in [2.24, 2.45) is 0 Å². The highest BCUT2D eigenvalue weighted by atomic mass is 19.1. The van der Waals surface area contributed by atoms with E-state index in [9.17, 15) is 23.2 Å². The lowest BCUT2D eigenvalue weighted by Crippen LogP contribution is -2.39. The van der Waals surface area contributed by atoms with Crippen molar-refractivity contribution >= 4 is 28.8 Å². The van der Waals surface area contributed by atoms with Gasteiger partial charge in [-0.1, -0.05) is 19.4 Å².